The van der Waals surface area contributed by atoms with Gasteiger partial charge < -0.3 is 4.90 Å². The van der Waals surface area contributed by atoms with Gasteiger partial charge in [-0.3, -0.25) is 4.99 Å². The van der Waals surface area contributed by atoms with Gasteiger partial charge in [-0.1, -0.05) is 48.6 Å². The lowest BCUT2D eigenvalue weighted by molar-refractivity contribution is 0.451. The third-order valence-corrected chi connectivity index (χ3v) is 6.78. The number of allylic oxidation sites excluding steroid dienone is 1. The van der Waals surface area contributed by atoms with E-state index in [9.17, 15) is 0 Å². The molecule has 1 aliphatic heterocycles. The minimum atomic E-state index is -1.55. The molecule has 1 aromatic rings. The summed E-state index contributed by atoms with van der Waals surface area (Å²) in [6.45, 7) is 5.57. The Labute approximate surface area is 98.3 Å². The summed E-state index contributed by atoms with van der Waals surface area (Å²) in [5.74, 6) is 0. The van der Waals surface area contributed by atoms with E-state index in [-0.39, 0.29) is 0 Å². The van der Waals surface area contributed by atoms with Crippen LogP contribution >= 0.6 is 0 Å². The number of hydrogen-bond donors (Lipinski definition) is 0. The smallest absolute Gasteiger partial charge is 0.132 e. The van der Waals surface area contributed by atoms with Crippen molar-refractivity contribution in [2.75, 3.05) is 13.7 Å². The zero-order valence-corrected chi connectivity index (χ0v) is 11.1. The van der Waals surface area contributed by atoms with E-state index in [0.717, 1.165) is 6.67 Å². The summed E-state index contributed by atoms with van der Waals surface area (Å²) in [7, 11) is 0.579. The molecule has 3 heteroatoms. The van der Waals surface area contributed by atoms with Gasteiger partial charge in [0.25, 0.3) is 0 Å². The molecule has 0 saturated heterocycles. The van der Waals surface area contributed by atoms with Crippen molar-refractivity contribution in [3.8, 4) is 0 Å². The second-order valence-electron chi connectivity index (χ2n) is 4.71. The molecule has 0 radical (unpaired) electrons. The highest BCUT2D eigenvalue weighted by molar-refractivity contribution is 6.95. The standard InChI is InChI=1S/C13H18N2Si/c1-15-11-14-10-9-13(15)16(2,3)12-7-5-4-6-8-12/h4-10H,11H2,1-3H3. The lowest BCUT2D eigenvalue weighted by Gasteiger charge is -2.34. The van der Waals surface area contributed by atoms with Crippen molar-refractivity contribution in [1.29, 1.82) is 0 Å². The quantitative estimate of drug-likeness (QED) is 0.710. The van der Waals surface area contributed by atoms with Gasteiger partial charge in [-0.2, -0.15) is 0 Å². The van der Waals surface area contributed by atoms with Crippen LogP contribution in [0.5, 0.6) is 0 Å². The molecule has 0 bridgehead atoms. The summed E-state index contributed by atoms with van der Waals surface area (Å²) < 4.78 is 0. The number of aliphatic imine (C=N–C) groups is 1. The van der Waals surface area contributed by atoms with Crippen LogP contribution in [0.15, 0.2) is 46.7 Å². The topological polar surface area (TPSA) is 15.6 Å². The number of hydrogen-bond acceptors (Lipinski definition) is 2. The Kier molecular flexibility index (Phi) is 2.96. The van der Waals surface area contributed by atoms with Crippen molar-refractivity contribution in [3.05, 3.63) is 41.7 Å². The Morgan fingerprint density at radius 1 is 1.19 bits per heavy atom. The molecule has 2 rings (SSSR count). The Morgan fingerprint density at radius 2 is 1.88 bits per heavy atom. The van der Waals surface area contributed by atoms with Crippen molar-refractivity contribution in [2.24, 2.45) is 4.99 Å². The zero-order chi connectivity index (χ0) is 11.6. The summed E-state index contributed by atoms with van der Waals surface area (Å²) in [5.41, 5.74) is 0. The first-order chi connectivity index (χ1) is 7.62. The van der Waals surface area contributed by atoms with Gasteiger partial charge in [0, 0.05) is 18.6 Å². The van der Waals surface area contributed by atoms with Gasteiger partial charge in [-0.15, -0.1) is 0 Å². The van der Waals surface area contributed by atoms with Gasteiger partial charge in [0.1, 0.15) is 14.7 Å². The van der Waals surface area contributed by atoms with Gasteiger partial charge in [-0.25, -0.2) is 0 Å². The van der Waals surface area contributed by atoms with Crippen LogP contribution in [0.4, 0.5) is 0 Å². The predicted octanol–water partition coefficient (Wildman–Crippen LogP) is 2.00. The van der Waals surface area contributed by atoms with E-state index in [1.807, 2.05) is 6.21 Å². The molecule has 0 unspecified atom stereocenters. The summed E-state index contributed by atoms with van der Waals surface area (Å²) in [6.07, 6.45) is 4.11. The number of nitrogens with zero attached hydrogens (tertiary/aromatic N) is 2. The first kappa shape index (κ1) is 11.1. The van der Waals surface area contributed by atoms with E-state index < -0.39 is 8.07 Å². The normalized spacial score (nSPS) is 16.2. The molecule has 0 spiro atoms. The summed E-state index contributed by atoms with van der Waals surface area (Å²) >= 11 is 0. The minimum Gasteiger partial charge on any atom is -0.362 e. The van der Waals surface area contributed by atoms with Gasteiger partial charge in [0.05, 0.1) is 0 Å². The van der Waals surface area contributed by atoms with Gasteiger partial charge in [0.15, 0.2) is 0 Å². The van der Waals surface area contributed by atoms with Crippen LogP contribution < -0.4 is 5.19 Å². The van der Waals surface area contributed by atoms with Crippen LogP contribution in [-0.4, -0.2) is 32.9 Å². The van der Waals surface area contributed by atoms with Crippen molar-refractivity contribution in [2.45, 2.75) is 13.1 Å². The number of benzene rings is 1. The average molecular weight is 230 g/mol. The van der Waals surface area contributed by atoms with E-state index >= 15 is 0 Å². The van der Waals surface area contributed by atoms with Crippen LogP contribution in [0.2, 0.25) is 13.1 Å². The van der Waals surface area contributed by atoms with E-state index in [2.05, 4.69) is 66.4 Å². The lowest BCUT2D eigenvalue weighted by atomic mass is 10.4. The van der Waals surface area contributed by atoms with E-state index in [0.29, 0.717) is 0 Å². The molecule has 84 valence electrons. The molecule has 0 amide bonds. The molecule has 0 aromatic heterocycles. The van der Waals surface area contributed by atoms with Gasteiger partial charge in [-0.05, 0) is 6.08 Å². The predicted molar refractivity (Wildman–Crippen MR) is 72.8 cm³/mol. The SMILES string of the molecule is CN1CN=CC=C1[Si](C)(C)c1ccccc1. The fourth-order valence-corrected chi connectivity index (χ4v) is 5.02. The molecule has 0 atom stereocenters. The van der Waals surface area contributed by atoms with Crippen LogP contribution in [0.1, 0.15) is 0 Å². The maximum atomic E-state index is 4.26. The second-order valence-corrected chi connectivity index (χ2v) is 9.05. The van der Waals surface area contributed by atoms with Gasteiger partial charge >= 0.3 is 0 Å². The first-order valence-corrected chi connectivity index (χ1v) is 8.59. The maximum absolute atomic E-state index is 4.26. The summed E-state index contributed by atoms with van der Waals surface area (Å²) in [4.78, 5) is 6.53. The van der Waals surface area contributed by atoms with Crippen molar-refractivity contribution in [1.82, 2.24) is 4.90 Å². The molecular formula is C13H18N2Si. The Morgan fingerprint density at radius 3 is 2.50 bits per heavy atom. The van der Waals surface area contributed by atoms with E-state index in [4.69, 9.17) is 0 Å². The Hall–Kier alpha value is -1.35. The minimum absolute atomic E-state index is 0.787. The highest BCUT2D eigenvalue weighted by atomic mass is 28.3. The molecule has 0 saturated carbocycles. The van der Waals surface area contributed by atoms with Crippen LogP contribution in [0.25, 0.3) is 0 Å². The van der Waals surface area contributed by atoms with Crippen LogP contribution in [-0.2, 0) is 0 Å². The average Bonchev–Trinajstić information content (AvgIpc) is 2.30. The molecule has 1 aromatic carbocycles. The first-order valence-electron chi connectivity index (χ1n) is 5.59. The Bertz CT molecular complexity index is 421. The van der Waals surface area contributed by atoms with E-state index in [1.54, 1.807) is 0 Å². The highest BCUT2D eigenvalue weighted by Crippen LogP contribution is 2.19. The molecule has 16 heavy (non-hydrogen) atoms. The maximum Gasteiger partial charge on any atom is 0.132 e. The highest BCUT2D eigenvalue weighted by Gasteiger charge is 2.31. The molecular weight excluding hydrogens is 212 g/mol. The molecule has 1 heterocycles. The summed E-state index contributed by atoms with van der Waals surface area (Å²) in [6, 6.07) is 10.8. The number of rotatable bonds is 2. The molecule has 1 aliphatic rings. The van der Waals surface area contributed by atoms with Crippen molar-refractivity contribution >= 4 is 19.5 Å². The van der Waals surface area contributed by atoms with Gasteiger partial charge in [0.2, 0.25) is 0 Å². The fourth-order valence-electron chi connectivity index (χ4n) is 2.18. The zero-order valence-electron chi connectivity index (χ0n) is 10.1. The third-order valence-electron chi connectivity index (χ3n) is 3.18. The van der Waals surface area contributed by atoms with Crippen molar-refractivity contribution < 1.29 is 0 Å². The third kappa shape index (κ3) is 1.95. The molecule has 0 N–H and O–H groups in total. The van der Waals surface area contributed by atoms with Crippen molar-refractivity contribution in [3.63, 3.8) is 0 Å². The second kappa shape index (κ2) is 4.26. The molecule has 0 fully saturated rings. The lowest BCUT2D eigenvalue weighted by Crippen LogP contribution is -2.49. The largest absolute Gasteiger partial charge is 0.362 e. The van der Waals surface area contributed by atoms with Crippen LogP contribution in [0, 0.1) is 0 Å². The monoisotopic (exact) mass is 230 g/mol. The van der Waals surface area contributed by atoms with Crippen LogP contribution in [0.3, 0.4) is 0 Å². The van der Waals surface area contributed by atoms with E-state index in [1.165, 1.54) is 10.5 Å². The molecule has 2 nitrogen and oxygen atoms in total. The summed E-state index contributed by atoms with van der Waals surface area (Å²) in [5, 5.41) is 2.93. The Balaban J connectivity index is 2.39. The fraction of sp³-hybridized carbons (Fsp3) is 0.308. The molecule has 0 aliphatic carbocycles.